The number of hydrogen-bond acceptors (Lipinski definition) is 8. The van der Waals surface area contributed by atoms with E-state index in [9.17, 15) is 18.0 Å². The van der Waals surface area contributed by atoms with Gasteiger partial charge in [-0.2, -0.15) is 8.42 Å². The quantitative estimate of drug-likeness (QED) is 0.112. The number of likely N-dealkylation sites (tertiary alicyclic amines) is 1. The normalized spacial score (nSPS) is 15.1. The second-order valence-electron chi connectivity index (χ2n) is 12.3. The van der Waals surface area contributed by atoms with Gasteiger partial charge in [-0.25, -0.2) is 9.59 Å². The maximum Gasteiger partial charge on any atom is 0.344 e. The number of aryl methyl sites for hydroxylation is 1. The standard InChI is InChI=1S/C36H40N2O5.CH4O3S/c1-2-3-22-42-35(39)30-10-5-4-9-29(30)28-15-13-26(14-16-28)24-37-20-17-27(18-21-37)25-43-36(40)33-31-11-6-7-12-32(31)38-19-8-23-41-34(33)38;1-5(2,3)4/h4-7,9-16,27H,2-3,8,17-25H2,1H3;1H3,(H,2,3,4). The molecule has 0 amide bonds. The Labute approximate surface area is 282 Å². The molecule has 2 aliphatic heterocycles. The molecule has 1 fully saturated rings. The van der Waals surface area contributed by atoms with E-state index in [2.05, 4.69) is 40.7 Å². The number of carbonyl (C=O) groups excluding carboxylic acids is 2. The van der Waals surface area contributed by atoms with E-state index in [0.717, 1.165) is 80.3 Å². The van der Waals surface area contributed by atoms with Gasteiger partial charge in [0.2, 0.25) is 5.88 Å². The number of unbranched alkanes of at least 4 members (excludes halogenated alkanes) is 1. The van der Waals surface area contributed by atoms with Crippen LogP contribution in [0.25, 0.3) is 22.0 Å². The summed E-state index contributed by atoms with van der Waals surface area (Å²) >= 11 is 0. The molecule has 11 heteroatoms. The summed E-state index contributed by atoms with van der Waals surface area (Å²) in [7, 11) is -3.67. The predicted molar refractivity (Wildman–Crippen MR) is 185 cm³/mol. The summed E-state index contributed by atoms with van der Waals surface area (Å²) in [6.45, 7) is 7.23. The van der Waals surface area contributed by atoms with Gasteiger partial charge in [0.05, 0.1) is 37.2 Å². The summed E-state index contributed by atoms with van der Waals surface area (Å²) in [5.74, 6) is 0.442. The van der Waals surface area contributed by atoms with Crippen LogP contribution in [0.1, 0.15) is 65.3 Å². The van der Waals surface area contributed by atoms with Gasteiger partial charge in [-0.15, -0.1) is 0 Å². The first-order chi connectivity index (χ1) is 23.1. The first kappa shape index (κ1) is 35.1. The Morgan fingerprint density at radius 1 is 0.917 bits per heavy atom. The van der Waals surface area contributed by atoms with Crippen molar-refractivity contribution >= 4 is 33.0 Å². The Bertz CT molecular complexity index is 1800. The largest absolute Gasteiger partial charge is 0.478 e. The third-order valence-corrected chi connectivity index (χ3v) is 8.60. The highest BCUT2D eigenvalue weighted by Crippen LogP contribution is 2.35. The number of benzene rings is 3. The van der Waals surface area contributed by atoms with Gasteiger partial charge in [0, 0.05) is 18.5 Å². The Morgan fingerprint density at radius 2 is 1.60 bits per heavy atom. The Morgan fingerprint density at radius 3 is 2.33 bits per heavy atom. The van der Waals surface area contributed by atoms with E-state index in [0.29, 0.717) is 49.0 Å². The molecule has 0 bridgehead atoms. The third-order valence-electron chi connectivity index (χ3n) is 8.60. The van der Waals surface area contributed by atoms with Crippen molar-refractivity contribution < 1.29 is 36.8 Å². The number of esters is 2. The Kier molecular flexibility index (Phi) is 11.9. The fraction of sp³-hybridized carbons (Fsp3) is 0.405. The van der Waals surface area contributed by atoms with Crippen molar-refractivity contribution in [2.45, 2.75) is 52.1 Å². The molecule has 0 unspecified atom stereocenters. The van der Waals surface area contributed by atoms with Crippen LogP contribution >= 0.6 is 0 Å². The summed E-state index contributed by atoms with van der Waals surface area (Å²) < 4.78 is 45.2. The zero-order valence-corrected chi connectivity index (χ0v) is 28.4. The van der Waals surface area contributed by atoms with Gasteiger partial charge in [-0.1, -0.05) is 74.0 Å². The molecule has 0 aliphatic carbocycles. The minimum atomic E-state index is -3.67. The number of fused-ring (bicyclic) bond motifs is 3. The molecule has 4 aromatic rings. The molecule has 0 atom stereocenters. The van der Waals surface area contributed by atoms with Crippen molar-refractivity contribution in [1.29, 1.82) is 0 Å². The van der Waals surface area contributed by atoms with Gasteiger partial charge in [-0.05, 0) is 73.5 Å². The highest BCUT2D eigenvalue weighted by molar-refractivity contribution is 7.85. The number of ether oxygens (including phenoxy) is 3. The van der Waals surface area contributed by atoms with Crippen molar-refractivity contribution in [2.75, 3.05) is 39.2 Å². The van der Waals surface area contributed by atoms with Gasteiger partial charge in [0.15, 0.2) is 0 Å². The lowest BCUT2D eigenvalue weighted by Gasteiger charge is -2.31. The minimum Gasteiger partial charge on any atom is -0.478 e. The van der Waals surface area contributed by atoms with E-state index in [1.165, 1.54) is 5.56 Å². The first-order valence-electron chi connectivity index (χ1n) is 16.5. The molecular weight excluding hydrogens is 632 g/mol. The van der Waals surface area contributed by atoms with Crippen LogP contribution in [-0.2, 0) is 32.7 Å². The average Bonchev–Trinajstić information content (AvgIpc) is 3.42. The van der Waals surface area contributed by atoms with Gasteiger partial charge in [0.1, 0.15) is 5.56 Å². The number of para-hydroxylation sites is 1. The van der Waals surface area contributed by atoms with E-state index in [4.69, 9.17) is 18.8 Å². The number of rotatable bonds is 10. The van der Waals surface area contributed by atoms with Crippen molar-refractivity contribution in [3.05, 3.63) is 89.5 Å². The summed E-state index contributed by atoms with van der Waals surface area (Å²) in [6.07, 6.45) is 5.49. The fourth-order valence-electron chi connectivity index (χ4n) is 6.17. The van der Waals surface area contributed by atoms with Crippen molar-refractivity contribution in [3.8, 4) is 17.0 Å². The monoisotopic (exact) mass is 676 g/mol. The lowest BCUT2D eigenvalue weighted by Crippen LogP contribution is -2.35. The zero-order valence-electron chi connectivity index (χ0n) is 27.6. The summed E-state index contributed by atoms with van der Waals surface area (Å²) in [5, 5.41) is 0.903. The second-order valence-corrected chi connectivity index (χ2v) is 13.8. The number of hydrogen-bond donors (Lipinski definition) is 1. The second kappa shape index (κ2) is 16.3. The molecule has 3 heterocycles. The Hall–Kier alpha value is -4.19. The van der Waals surface area contributed by atoms with Crippen LogP contribution in [0.5, 0.6) is 5.88 Å². The molecule has 6 rings (SSSR count). The molecule has 10 nitrogen and oxygen atoms in total. The van der Waals surface area contributed by atoms with Crippen LogP contribution in [-0.4, -0.2) is 73.5 Å². The van der Waals surface area contributed by atoms with Gasteiger partial charge < -0.3 is 18.8 Å². The van der Waals surface area contributed by atoms with E-state index >= 15 is 0 Å². The van der Waals surface area contributed by atoms with E-state index in [-0.39, 0.29) is 11.9 Å². The van der Waals surface area contributed by atoms with Crippen LogP contribution in [0.4, 0.5) is 0 Å². The number of carbonyl (C=O) groups is 2. The molecule has 0 saturated carbocycles. The highest BCUT2D eigenvalue weighted by atomic mass is 32.2. The zero-order chi connectivity index (χ0) is 34.1. The smallest absolute Gasteiger partial charge is 0.344 e. The van der Waals surface area contributed by atoms with Gasteiger partial charge >= 0.3 is 11.9 Å². The van der Waals surface area contributed by atoms with Crippen LogP contribution in [0, 0.1) is 5.92 Å². The first-order valence-corrected chi connectivity index (χ1v) is 18.4. The molecular formula is C37H44N2O8S. The van der Waals surface area contributed by atoms with Crippen LogP contribution < -0.4 is 4.74 Å². The highest BCUT2D eigenvalue weighted by Gasteiger charge is 2.28. The van der Waals surface area contributed by atoms with E-state index in [1.54, 1.807) is 0 Å². The predicted octanol–water partition coefficient (Wildman–Crippen LogP) is 6.62. The summed E-state index contributed by atoms with van der Waals surface area (Å²) in [6, 6.07) is 24.1. The van der Waals surface area contributed by atoms with Gasteiger partial charge in [0.25, 0.3) is 10.1 Å². The molecule has 1 saturated heterocycles. The molecule has 3 aromatic carbocycles. The summed E-state index contributed by atoms with van der Waals surface area (Å²) in [5.41, 5.74) is 5.34. The van der Waals surface area contributed by atoms with E-state index in [1.807, 2.05) is 48.5 Å². The maximum atomic E-state index is 13.2. The molecule has 1 N–H and O–H groups in total. The van der Waals surface area contributed by atoms with Crippen molar-refractivity contribution in [3.63, 3.8) is 0 Å². The lowest BCUT2D eigenvalue weighted by atomic mass is 9.96. The fourth-order valence-corrected chi connectivity index (χ4v) is 6.17. The molecule has 0 radical (unpaired) electrons. The topological polar surface area (TPSA) is 124 Å². The molecule has 2 aliphatic rings. The molecule has 256 valence electrons. The number of aromatic nitrogens is 1. The van der Waals surface area contributed by atoms with Crippen LogP contribution in [0.2, 0.25) is 0 Å². The molecule has 48 heavy (non-hydrogen) atoms. The minimum absolute atomic E-state index is 0.267. The molecule has 1 aromatic heterocycles. The van der Waals surface area contributed by atoms with E-state index < -0.39 is 10.1 Å². The number of nitrogens with zero attached hydrogens (tertiary/aromatic N) is 2. The Balaban J connectivity index is 0.000000840. The SMILES string of the molecule is CCCCOC(=O)c1ccccc1-c1ccc(CN2CCC(COC(=O)c3c4n(c5ccccc35)CCCO4)CC2)cc1.CS(=O)(=O)O. The summed E-state index contributed by atoms with van der Waals surface area (Å²) in [4.78, 5) is 28.4. The van der Waals surface area contributed by atoms with Gasteiger partial charge in [-0.3, -0.25) is 9.45 Å². The number of piperidine rings is 1. The van der Waals surface area contributed by atoms with Crippen molar-refractivity contribution in [1.82, 2.24) is 9.47 Å². The third kappa shape index (κ3) is 9.24. The maximum absolute atomic E-state index is 13.2. The lowest BCUT2D eigenvalue weighted by molar-refractivity contribution is 0.0364. The van der Waals surface area contributed by atoms with Crippen molar-refractivity contribution in [2.24, 2.45) is 5.92 Å². The molecule has 0 spiro atoms. The van der Waals surface area contributed by atoms with Crippen LogP contribution in [0.15, 0.2) is 72.8 Å². The van der Waals surface area contributed by atoms with Crippen LogP contribution in [0.3, 0.4) is 0 Å². The average molecular weight is 677 g/mol.